The summed E-state index contributed by atoms with van der Waals surface area (Å²) in [6.45, 7) is 0.719. The molecule has 4 heterocycles. The molecule has 2 atom stereocenters. The van der Waals surface area contributed by atoms with E-state index in [4.69, 9.17) is 4.74 Å². The lowest BCUT2D eigenvalue weighted by molar-refractivity contribution is 0.0983. The fraction of sp³-hybridized carbons (Fsp3) is 0.312. The molecule has 1 fully saturated rings. The molecule has 0 bridgehead atoms. The van der Waals surface area contributed by atoms with Gasteiger partial charge in [0, 0.05) is 38.4 Å². The van der Waals surface area contributed by atoms with E-state index in [-0.39, 0.29) is 12.1 Å². The largest absolute Gasteiger partial charge is 0.368 e. The third-order valence-corrected chi connectivity index (χ3v) is 4.04. The molecule has 0 unspecified atom stereocenters. The van der Waals surface area contributed by atoms with Crippen molar-refractivity contribution in [1.29, 1.82) is 0 Å². The Kier molecular flexibility index (Phi) is 3.55. The molecule has 1 aliphatic rings. The van der Waals surface area contributed by atoms with Gasteiger partial charge < -0.3 is 14.6 Å². The Morgan fingerprint density at radius 2 is 2.22 bits per heavy atom. The summed E-state index contributed by atoms with van der Waals surface area (Å²) in [6.07, 6.45) is 9.95. The van der Waals surface area contributed by atoms with Crippen molar-refractivity contribution in [1.82, 2.24) is 24.1 Å². The van der Waals surface area contributed by atoms with Crippen LogP contribution in [0.1, 0.15) is 18.3 Å². The summed E-state index contributed by atoms with van der Waals surface area (Å²) in [5.41, 5.74) is 0. The number of nitrogens with zero attached hydrogens (tertiary/aromatic N) is 5. The minimum atomic E-state index is -0.0614. The van der Waals surface area contributed by atoms with Gasteiger partial charge in [0.05, 0.1) is 6.04 Å². The standard InChI is InChI=1S/C16H18N6O/c1-21-8-7-18-16(21)15-12(5-10-23-15)19-13-3-2-4-14(20-13)22-9-6-17-11-22/h2-4,6-9,11-12,15H,5,10H2,1H3,(H,19,20)/t12-,15-/m0/s1. The first-order valence-electron chi connectivity index (χ1n) is 7.62. The van der Waals surface area contributed by atoms with E-state index in [9.17, 15) is 0 Å². The van der Waals surface area contributed by atoms with Crippen LogP contribution in [0.3, 0.4) is 0 Å². The Balaban J connectivity index is 1.56. The van der Waals surface area contributed by atoms with Crippen LogP contribution in [0.2, 0.25) is 0 Å². The van der Waals surface area contributed by atoms with Gasteiger partial charge in [0.25, 0.3) is 0 Å². The van der Waals surface area contributed by atoms with Crippen LogP contribution < -0.4 is 5.32 Å². The maximum absolute atomic E-state index is 5.88. The molecular weight excluding hydrogens is 292 g/mol. The summed E-state index contributed by atoms with van der Waals surface area (Å²) in [5.74, 6) is 2.59. The van der Waals surface area contributed by atoms with Gasteiger partial charge in [-0.05, 0) is 18.6 Å². The fourth-order valence-corrected chi connectivity index (χ4v) is 2.88. The van der Waals surface area contributed by atoms with Gasteiger partial charge in [-0.1, -0.05) is 6.07 Å². The van der Waals surface area contributed by atoms with Crippen LogP contribution in [0.15, 0.2) is 49.3 Å². The van der Waals surface area contributed by atoms with Gasteiger partial charge in [-0.15, -0.1) is 0 Å². The number of imidazole rings is 2. The number of nitrogens with one attached hydrogen (secondary N) is 1. The van der Waals surface area contributed by atoms with Gasteiger partial charge in [0.15, 0.2) is 0 Å². The number of ether oxygens (including phenoxy) is 1. The molecule has 3 aromatic heterocycles. The number of anilines is 1. The average Bonchev–Trinajstić information content (AvgIpc) is 3.29. The van der Waals surface area contributed by atoms with E-state index in [1.807, 2.05) is 46.8 Å². The Bertz CT molecular complexity index is 781. The smallest absolute Gasteiger partial charge is 0.140 e. The van der Waals surface area contributed by atoms with E-state index in [0.29, 0.717) is 0 Å². The summed E-state index contributed by atoms with van der Waals surface area (Å²) in [5, 5.41) is 3.49. The molecule has 7 heteroatoms. The SMILES string of the molecule is Cn1ccnc1[C@H]1OCC[C@@H]1Nc1cccc(-n2ccnc2)n1. The van der Waals surface area contributed by atoms with Crippen LogP contribution in [0.5, 0.6) is 0 Å². The molecule has 0 amide bonds. The molecule has 1 aliphatic heterocycles. The average molecular weight is 310 g/mol. The van der Waals surface area contributed by atoms with Gasteiger partial charge in [0.1, 0.15) is 29.9 Å². The fourth-order valence-electron chi connectivity index (χ4n) is 2.88. The molecule has 4 rings (SSSR count). The lowest BCUT2D eigenvalue weighted by Crippen LogP contribution is -2.25. The van der Waals surface area contributed by atoms with Crippen LogP contribution in [0.25, 0.3) is 5.82 Å². The zero-order valence-corrected chi connectivity index (χ0v) is 12.8. The Hall–Kier alpha value is -2.67. The zero-order chi connectivity index (χ0) is 15.6. The van der Waals surface area contributed by atoms with E-state index in [2.05, 4.69) is 20.3 Å². The molecule has 0 spiro atoms. The number of hydrogen-bond donors (Lipinski definition) is 1. The maximum atomic E-state index is 5.88. The number of rotatable bonds is 4. The number of pyridine rings is 1. The maximum Gasteiger partial charge on any atom is 0.140 e. The van der Waals surface area contributed by atoms with E-state index in [1.165, 1.54) is 0 Å². The van der Waals surface area contributed by atoms with Crippen molar-refractivity contribution in [3.05, 3.63) is 55.1 Å². The number of aryl methyl sites for hydroxylation is 1. The first kappa shape index (κ1) is 14.0. The van der Waals surface area contributed by atoms with Crippen LogP contribution >= 0.6 is 0 Å². The van der Waals surface area contributed by atoms with Gasteiger partial charge >= 0.3 is 0 Å². The van der Waals surface area contributed by atoms with Gasteiger partial charge in [-0.2, -0.15) is 0 Å². The molecule has 118 valence electrons. The molecule has 0 aliphatic carbocycles. The summed E-state index contributed by atoms with van der Waals surface area (Å²) in [6, 6.07) is 6.06. The molecule has 0 aromatic carbocycles. The monoisotopic (exact) mass is 310 g/mol. The van der Waals surface area contributed by atoms with E-state index >= 15 is 0 Å². The van der Waals surface area contributed by atoms with E-state index in [1.54, 1.807) is 18.7 Å². The minimum Gasteiger partial charge on any atom is -0.368 e. The van der Waals surface area contributed by atoms with Crippen LogP contribution in [-0.4, -0.2) is 36.7 Å². The lowest BCUT2D eigenvalue weighted by Gasteiger charge is -2.20. The van der Waals surface area contributed by atoms with Crippen molar-refractivity contribution < 1.29 is 4.74 Å². The normalized spacial score (nSPS) is 20.7. The zero-order valence-electron chi connectivity index (χ0n) is 12.8. The van der Waals surface area contributed by atoms with E-state index in [0.717, 1.165) is 30.5 Å². The van der Waals surface area contributed by atoms with Crippen molar-refractivity contribution >= 4 is 5.82 Å². The van der Waals surface area contributed by atoms with Crippen LogP contribution in [0, 0.1) is 0 Å². The molecule has 0 saturated carbocycles. The van der Waals surface area contributed by atoms with Crippen molar-refractivity contribution in [3.63, 3.8) is 0 Å². The molecule has 7 nitrogen and oxygen atoms in total. The van der Waals surface area contributed by atoms with Crippen molar-refractivity contribution in [2.45, 2.75) is 18.6 Å². The first-order valence-corrected chi connectivity index (χ1v) is 7.62. The molecule has 3 aromatic rings. The molecule has 1 N–H and O–H groups in total. The van der Waals surface area contributed by atoms with Gasteiger partial charge in [-0.25, -0.2) is 15.0 Å². The Labute approximate surface area is 134 Å². The Morgan fingerprint density at radius 1 is 1.26 bits per heavy atom. The Morgan fingerprint density at radius 3 is 3.00 bits per heavy atom. The minimum absolute atomic E-state index is 0.0614. The van der Waals surface area contributed by atoms with Crippen LogP contribution in [0.4, 0.5) is 5.82 Å². The quantitative estimate of drug-likeness (QED) is 0.797. The first-order chi connectivity index (χ1) is 11.3. The van der Waals surface area contributed by atoms with Crippen molar-refractivity contribution in [2.24, 2.45) is 7.05 Å². The summed E-state index contributed by atoms with van der Waals surface area (Å²) < 4.78 is 9.76. The summed E-state index contributed by atoms with van der Waals surface area (Å²) in [4.78, 5) is 13.1. The second-order valence-corrected chi connectivity index (χ2v) is 5.58. The predicted molar refractivity (Wildman–Crippen MR) is 85.3 cm³/mol. The third kappa shape index (κ3) is 2.70. The third-order valence-electron chi connectivity index (χ3n) is 4.04. The van der Waals surface area contributed by atoms with Crippen LogP contribution in [-0.2, 0) is 11.8 Å². The second-order valence-electron chi connectivity index (χ2n) is 5.58. The van der Waals surface area contributed by atoms with Gasteiger partial charge in [-0.3, -0.25) is 4.57 Å². The number of hydrogen-bond acceptors (Lipinski definition) is 5. The van der Waals surface area contributed by atoms with E-state index < -0.39 is 0 Å². The topological polar surface area (TPSA) is 69.8 Å². The highest BCUT2D eigenvalue weighted by Crippen LogP contribution is 2.30. The van der Waals surface area contributed by atoms with Gasteiger partial charge in [0.2, 0.25) is 0 Å². The highest BCUT2D eigenvalue weighted by molar-refractivity contribution is 5.41. The van der Waals surface area contributed by atoms with Crippen molar-refractivity contribution in [2.75, 3.05) is 11.9 Å². The lowest BCUT2D eigenvalue weighted by atomic mass is 10.1. The highest BCUT2D eigenvalue weighted by atomic mass is 16.5. The molecular formula is C16H18N6O. The number of aromatic nitrogens is 5. The molecule has 23 heavy (non-hydrogen) atoms. The molecule has 1 saturated heterocycles. The highest BCUT2D eigenvalue weighted by Gasteiger charge is 2.32. The summed E-state index contributed by atoms with van der Waals surface area (Å²) >= 11 is 0. The van der Waals surface area contributed by atoms with Crippen molar-refractivity contribution in [3.8, 4) is 5.82 Å². The molecule has 0 radical (unpaired) electrons. The summed E-state index contributed by atoms with van der Waals surface area (Å²) in [7, 11) is 1.99. The second kappa shape index (κ2) is 5.85. The predicted octanol–water partition coefficient (Wildman–Crippen LogP) is 1.94.